The van der Waals surface area contributed by atoms with E-state index in [1.807, 2.05) is 22.6 Å². The number of benzene rings is 2. The Morgan fingerprint density at radius 2 is 1.81 bits per heavy atom. The van der Waals surface area contributed by atoms with Crippen molar-refractivity contribution in [2.75, 3.05) is 0 Å². The SMILES string of the molecule is O=C(O)Cc1cc(Br)c(Oc2ccc(O)c(I)c2)c(Br)c1. The first-order valence-electron chi connectivity index (χ1n) is 5.73. The van der Waals surface area contributed by atoms with Gasteiger partial charge in [0.2, 0.25) is 0 Å². The molecule has 0 heterocycles. The van der Waals surface area contributed by atoms with Gasteiger partial charge in [-0.1, -0.05) is 0 Å². The molecule has 21 heavy (non-hydrogen) atoms. The number of aliphatic carboxylic acids is 1. The van der Waals surface area contributed by atoms with Crippen LogP contribution in [0.1, 0.15) is 5.56 Å². The van der Waals surface area contributed by atoms with E-state index >= 15 is 0 Å². The predicted molar refractivity (Wildman–Crippen MR) is 94.1 cm³/mol. The van der Waals surface area contributed by atoms with Crippen LogP contribution in [-0.2, 0) is 11.2 Å². The molecule has 0 unspecified atom stereocenters. The number of carbonyl (C=O) groups is 1. The van der Waals surface area contributed by atoms with Gasteiger partial charge in [-0.15, -0.1) is 0 Å². The number of halogens is 3. The maximum Gasteiger partial charge on any atom is 0.307 e. The lowest BCUT2D eigenvalue weighted by Crippen LogP contribution is -2.00. The average Bonchev–Trinajstić information content (AvgIpc) is 2.37. The van der Waals surface area contributed by atoms with Crippen LogP contribution < -0.4 is 4.74 Å². The summed E-state index contributed by atoms with van der Waals surface area (Å²) in [6.45, 7) is 0. The van der Waals surface area contributed by atoms with Gasteiger partial charge in [0.05, 0.1) is 18.9 Å². The van der Waals surface area contributed by atoms with Crippen molar-refractivity contribution in [2.45, 2.75) is 6.42 Å². The number of hydrogen-bond acceptors (Lipinski definition) is 3. The molecule has 0 saturated carbocycles. The standard InChI is InChI=1S/C14H9Br2IO4/c15-9-3-7(5-13(19)20)4-10(16)14(9)21-8-1-2-12(18)11(17)6-8/h1-4,6,18H,5H2,(H,19,20). The number of phenolic OH excluding ortho intramolecular Hbond substituents is 1. The van der Waals surface area contributed by atoms with Gasteiger partial charge in [0.15, 0.2) is 5.75 Å². The first-order chi connectivity index (χ1) is 9.86. The predicted octanol–water partition coefficient (Wildman–Crippen LogP) is 4.94. The molecule has 0 spiro atoms. The van der Waals surface area contributed by atoms with Crippen molar-refractivity contribution in [2.24, 2.45) is 0 Å². The molecule has 0 amide bonds. The first-order valence-corrected chi connectivity index (χ1v) is 8.39. The largest absolute Gasteiger partial charge is 0.507 e. The van der Waals surface area contributed by atoms with Gasteiger partial charge < -0.3 is 14.9 Å². The van der Waals surface area contributed by atoms with Gasteiger partial charge >= 0.3 is 5.97 Å². The highest BCUT2D eigenvalue weighted by Gasteiger charge is 2.12. The van der Waals surface area contributed by atoms with Crippen molar-refractivity contribution in [3.05, 3.63) is 48.4 Å². The zero-order chi connectivity index (χ0) is 15.6. The molecular formula is C14H9Br2IO4. The Kier molecular flexibility index (Phi) is 5.50. The van der Waals surface area contributed by atoms with Gasteiger partial charge in [-0.3, -0.25) is 4.79 Å². The number of rotatable bonds is 4. The van der Waals surface area contributed by atoms with Gasteiger partial charge in [0.25, 0.3) is 0 Å². The third-order valence-electron chi connectivity index (χ3n) is 2.55. The quantitative estimate of drug-likeness (QED) is 0.553. The fourth-order valence-electron chi connectivity index (χ4n) is 1.66. The summed E-state index contributed by atoms with van der Waals surface area (Å²) in [5.41, 5.74) is 0.661. The van der Waals surface area contributed by atoms with Crippen molar-refractivity contribution in [3.8, 4) is 17.2 Å². The van der Waals surface area contributed by atoms with E-state index in [1.54, 1.807) is 30.3 Å². The molecule has 7 heteroatoms. The molecule has 0 saturated heterocycles. The van der Waals surface area contributed by atoms with Gasteiger partial charge in [-0.05, 0) is 90.3 Å². The number of carboxylic acid groups (broad SMARTS) is 1. The maximum atomic E-state index is 10.8. The van der Waals surface area contributed by atoms with Gasteiger partial charge in [0, 0.05) is 0 Å². The van der Waals surface area contributed by atoms with Gasteiger partial charge in [-0.2, -0.15) is 0 Å². The van der Waals surface area contributed by atoms with Crippen molar-refractivity contribution in [1.29, 1.82) is 0 Å². The van der Waals surface area contributed by atoms with E-state index in [1.165, 1.54) is 0 Å². The molecule has 4 nitrogen and oxygen atoms in total. The minimum Gasteiger partial charge on any atom is -0.507 e. The molecule has 2 rings (SSSR count). The zero-order valence-corrected chi connectivity index (χ0v) is 15.8. The van der Waals surface area contributed by atoms with Crippen LogP contribution in [0.5, 0.6) is 17.2 Å². The molecule has 0 aliphatic rings. The summed E-state index contributed by atoms with van der Waals surface area (Å²) >= 11 is 8.77. The Hall–Kier alpha value is -0.800. The van der Waals surface area contributed by atoms with Crippen LogP contribution in [0.3, 0.4) is 0 Å². The molecule has 2 aromatic rings. The first kappa shape index (κ1) is 16.6. The number of carboxylic acids is 1. The van der Waals surface area contributed by atoms with Crippen molar-refractivity contribution in [3.63, 3.8) is 0 Å². The summed E-state index contributed by atoms with van der Waals surface area (Å²) in [7, 11) is 0. The highest BCUT2D eigenvalue weighted by Crippen LogP contribution is 2.38. The fourth-order valence-corrected chi connectivity index (χ4v) is 3.59. The van der Waals surface area contributed by atoms with E-state index in [0.717, 1.165) is 0 Å². The normalized spacial score (nSPS) is 10.4. The van der Waals surface area contributed by atoms with Crippen molar-refractivity contribution >= 4 is 60.4 Å². The Morgan fingerprint density at radius 1 is 1.19 bits per heavy atom. The van der Waals surface area contributed by atoms with Crippen LogP contribution >= 0.6 is 54.5 Å². The highest BCUT2D eigenvalue weighted by atomic mass is 127. The highest BCUT2D eigenvalue weighted by molar-refractivity contribution is 14.1. The lowest BCUT2D eigenvalue weighted by Gasteiger charge is -2.12. The molecule has 110 valence electrons. The van der Waals surface area contributed by atoms with Crippen LogP contribution in [-0.4, -0.2) is 16.2 Å². The van der Waals surface area contributed by atoms with E-state index in [2.05, 4.69) is 31.9 Å². The Bertz CT molecular complexity index is 680. The number of aromatic hydroxyl groups is 1. The minimum atomic E-state index is -0.893. The van der Waals surface area contributed by atoms with Crippen LogP contribution in [0.25, 0.3) is 0 Å². The summed E-state index contributed by atoms with van der Waals surface area (Å²) in [5.74, 6) is 0.420. The van der Waals surface area contributed by atoms with E-state index < -0.39 is 5.97 Å². The average molecular weight is 528 g/mol. The van der Waals surface area contributed by atoms with Crippen LogP contribution in [0.4, 0.5) is 0 Å². The molecule has 0 radical (unpaired) electrons. The monoisotopic (exact) mass is 526 g/mol. The fraction of sp³-hybridized carbons (Fsp3) is 0.0714. The molecular weight excluding hydrogens is 519 g/mol. The molecule has 2 aromatic carbocycles. The molecule has 0 aliphatic carbocycles. The van der Waals surface area contributed by atoms with E-state index in [4.69, 9.17) is 9.84 Å². The molecule has 0 aliphatic heterocycles. The van der Waals surface area contributed by atoms with E-state index in [-0.39, 0.29) is 12.2 Å². The molecule has 0 fully saturated rings. The third kappa shape index (κ3) is 4.33. The molecule has 2 N–H and O–H groups in total. The molecule has 0 aromatic heterocycles. The van der Waals surface area contributed by atoms with E-state index in [9.17, 15) is 9.90 Å². The van der Waals surface area contributed by atoms with Gasteiger partial charge in [-0.25, -0.2) is 0 Å². The maximum absolute atomic E-state index is 10.8. The second-order valence-electron chi connectivity index (χ2n) is 4.17. The Balaban J connectivity index is 2.31. The summed E-state index contributed by atoms with van der Waals surface area (Å²) in [4.78, 5) is 10.8. The Morgan fingerprint density at radius 3 is 2.33 bits per heavy atom. The minimum absolute atomic E-state index is 0.0609. The van der Waals surface area contributed by atoms with Crippen molar-refractivity contribution < 1.29 is 19.7 Å². The van der Waals surface area contributed by atoms with Crippen molar-refractivity contribution in [1.82, 2.24) is 0 Å². The number of hydrogen-bond donors (Lipinski definition) is 2. The Labute approximate surface area is 151 Å². The third-order valence-corrected chi connectivity index (χ3v) is 4.59. The smallest absolute Gasteiger partial charge is 0.307 e. The van der Waals surface area contributed by atoms with Crippen LogP contribution in [0.15, 0.2) is 39.3 Å². The zero-order valence-electron chi connectivity index (χ0n) is 10.4. The molecule has 0 bridgehead atoms. The summed E-state index contributed by atoms with van der Waals surface area (Å²) in [6.07, 6.45) is -0.0609. The number of ether oxygens (including phenoxy) is 1. The van der Waals surface area contributed by atoms with Gasteiger partial charge in [0.1, 0.15) is 11.5 Å². The lowest BCUT2D eigenvalue weighted by atomic mass is 10.1. The van der Waals surface area contributed by atoms with Crippen LogP contribution in [0.2, 0.25) is 0 Å². The van der Waals surface area contributed by atoms with E-state index in [0.29, 0.717) is 29.6 Å². The molecule has 0 atom stereocenters. The summed E-state index contributed by atoms with van der Waals surface area (Å²) < 4.78 is 7.76. The summed E-state index contributed by atoms with van der Waals surface area (Å²) in [5, 5.41) is 18.3. The second kappa shape index (κ2) is 6.97. The topological polar surface area (TPSA) is 66.8 Å². The van der Waals surface area contributed by atoms with Crippen LogP contribution in [0, 0.1) is 3.57 Å². The lowest BCUT2D eigenvalue weighted by molar-refractivity contribution is -0.136. The second-order valence-corrected chi connectivity index (χ2v) is 7.05. The number of phenols is 1. The summed E-state index contributed by atoms with van der Waals surface area (Å²) in [6, 6.07) is 8.33.